The highest BCUT2D eigenvalue weighted by atomic mass is 19.1. The number of nitrogens with one attached hydrogen (secondary N) is 1. The first-order valence-electron chi connectivity index (χ1n) is 5.78. The van der Waals surface area contributed by atoms with Crippen molar-refractivity contribution in [2.75, 3.05) is 5.32 Å². The van der Waals surface area contributed by atoms with Gasteiger partial charge < -0.3 is 10.4 Å². The van der Waals surface area contributed by atoms with Crippen molar-refractivity contribution in [2.24, 2.45) is 0 Å². The summed E-state index contributed by atoms with van der Waals surface area (Å²) in [7, 11) is 0. The molecule has 0 saturated heterocycles. The third kappa shape index (κ3) is 3.07. The van der Waals surface area contributed by atoms with E-state index >= 15 is 0 Å². The van der Waals surface area contributed by atoms with Crippen molar-refractivity contribution >= 4 is 11.8 Å². The maximum absolute atomic E-state index is 13.6. The summed E-state index contributed by atoms with van der Waals surface area (Å²) in [6.07, 6.45) is 1.40. The van der Waals surface area contributed by atoms with Gasteiger partial charge >= 0.3 is 5.97 Å². The molecule has 2 rings (SSSR count). The molecule has 98 valence electrons. The zero-order chi connectivity index (χ0) is 13.8. The smallest absolute Gasteiger partial charge is 0.335 e. The Morgan fingerprint density at radius 3 is 2.79 bits per heavy atom. The number of nitrogens with zero attached hydrogens (tertiary/aromatic N) is 1. The molecule has 0 bridgehead atoms. The van der Waals surface area contributed by atoms with Gasteiger partial charge in [-0.25, -0.2) is 14.2 Å². The van der Waals surface area contributed by atoms with Gasteiger partial charge in [0.25, 0.3) is 0 Å². The number of carbonyl (C=O) groups is 1. The van der Waals surface area contributed by atoms with Gasteiger partial charge in [-0.3, -0.25) is 0 Å². The van der Waals surface area contributed by atoms with E-state index in [4.69, 9.17) is 5.11 Å². The first kappa shape index (κ1) is 13.0. The third-order valence-corrected chi connectivity index (χ3v) is 2.74. The number of carboxylic acid groups (broad SMARTS) is 1. The second kappa shape index (κ2) is 5.48. The molecule has 1 aromatic carbocycles. The van der Waals surface area contributed by atoms with Crippen LogP contribution in [0.2, 0.25) is 0 Å². The molecule has 0 aliphatic heterocycles. The molecule has 1 aromatic heterocycles. The summed E-state index contributed by atoms with van der Waals surface area (Å²) in [6, 6.07) is 8.94. The van der Waals surface area contributed by atoms with Crippen LogP contribution in [0.4, 0.5) is 10.2 Å². The summed E-state index contributed by atoms with van der Waals surface area (Å²) in [4.78, 5) is 14.9. The standard InChI is InChI=1S/C14H13FN2O2/c1-9(11-4-2-3-5-12(11)15)17-13-8-10(14(18)19)6-7-16-13/h2-9H,1H3,(H,16,17)(H,18,19). The van der Waals surface area contributed by atoms with Crippen LogP contribution in [0.5, 0.6) is 0 Å². The third-order valence-electron chi connectivity index (χ3n) is 2.74. The Balaban J connectivity index is 2.19. The molecule has 2 N–H and O–H groups in total. The Hall–Kier alpha value is -2.43. The van der Waals surface area contributed by atoms with E-state index in [2.05, 4.69) is 10.3 Å². The highest BCUT2D eigenvalue weighted by Crippen LogP contribution is 2.20. The van der Waals surface area contributed by atoms with Crippen LogP contribution in [0.1, 0.15) is 28.9 Å². The van der Waals surface area contributed by atoms with Crippen LogP contribution in [-0.2, 0) is 0 Å². The molecule has 1 unspecified atom stereocenters. The van der Waals surface area contributed by atoms with Crippen LogP contribution in [0, 0.1) is 5.82 Å². The summed E-state index contributed by atoms with van der Waals surface area (Å²) in [5.74, 6) is -0.934. The number of benzene rings is 1. The molecular weight excluding hydrogens is 247 g/mol. The molecule has 0 radical (unpaired) electrons. The van der Waals surface area contributed by atoms with E-state index in [1.54, 1.807) is 25.1 Å². The predicted molar refractivity (Wildman–Crippen MR) is 69.6 cm³/mol. The van der Waals surface area contributed by atoms with Crippen molar-refractivity contribution in [3.8, 4) is 0 Å². The van der Waals surface area contributed by atoms with Gasteiger partial charge in [-0.15, -0.1) is 0 Å². The molecule has 19 heavy (non-hydrogen) atoms. The molecule has 1 heterocycles. The van der Waals surface area contributed by atoms with Crippen LogP contribution >= 0.6 is 0 Å². The number of halogens is 1. The molecule has 0 spiro atoms. The van der Waals surface area contributed by atoms with E-state index < -0.39 is 5.97 Å². The fraction of sp³-hybridized carbons (Fsp3) is 0.143. The van der Waals surface area contributed by atoms with Crippen molar-refractivity contribution in [2.45, 2.75) is 13.0 Å². The minimum atomic E-state index is -1.02. The van der Waals surface area contributed by atoms with Crippen molar-refractivity contribution in [3.05, 3.63) is 59.5 Å². The zero-order valence-electron chi connectivity index (χ0n) is 10.3. The van der Waals surface area contributed by atoms with E-state index in [-0.39, 0.29) is 17.4 Å². The number of carboxylic acids is 1. The maximum atomic E-state index is 13.6. The number of pyridine rings is 1. The second-order valence-electron chi connectivity index (χ2n) is 4.12. The highest BCUT2D eigenvalue weighted by molar-refractivity contribution is 5.88. The second-order valence-corrected chi connectivity index (χ2v) is 4.12. The Kier molecular flexibility index (Phi) is 3.75. The Morgan fingerprint density at radius 2 is 2.11 bits per heavy atom. The van der Waals surface area contributed by atoms with E-state index in [1.165, 1.54) is 24.4 Å². The number of rotatable bonds is 4. The van der Waals surface area contributed by atoms with E-state index in [0.717, 1.165) is 0 Å². The SMILES string of the molecule is CC(Nc1cc(C(=O)O)ccn1)c1ccccc1F. The highest BCUT2D eigenvalue weighted by Gasteiger charge is 2.11. The van der Waals surface area contributed by atoms with E-state index in [1.807, 2.05) is 0 Å². The number of aromatic carboxylic acids is 1. The fourth-order valence-corrected chi connectivity index (χ4v) is 1.77. The summed E-state index contributed by atoms with van der Waals surface area (Å²) >= 11 is 0. The maximum Gasteiger partial charge on any atom is 0.335 e. The molecule has 0 saturated carbocycles. The minimum absolute atomic E-state index is 0.137. The molecule has 5 heteroatoms. The number of anilines is 1. The molecule has 2 aromatic rings. The van der Waals surface area contributed by atoms with Gasteiger partial charge in [0, 0.05) is 11.8 Å². The summed E-state index contributed by atoms with van der Waals surface area (Å²) < 4.78 is 13.6. The molecule has 0 amide bonds. The van der Waals surface area contributed by atoms with Crippen LogP contribution < -0.4 is 5.32 Å². The lowest BCUT2D eigenvalue weighted by Gasteiger charge is -2.15. The van der Waals surface area contributed by atoms with Crippen molar-refractivity contribution < 1.29 is 14.3 Å². The Morgan fingerprint density at radius 1 is 1.37 bits per heavy atom. The van der Waals surface area contributed by atoms with E-state index in [0.29, 0.717) is 11.4 Å². The first-order chi connectivity index (χ1) is 9.08. The fourth-order valence-electron chi connectivity index (χ4n) is 1.77. The number of hydrogen-bond acceptors (Lipinski definition) is 3. The summed E-state index contributed by atoms with van der Waals surface area (Å²) in [6.45, 7) is 1.79. The zero-order valence-corrected chi connectivity index (χ0v) is 10.3. The molecule has 1 atom stereocenters. The summed E-state index contributed by atoms with van der Waals surface area (Å²) in [5, 5.41) is 11.9. The quantitative estimate of drug-likeness (QED) is 0.886. The van der Waals surface area contributed by atoms with Crippen molar-refractivity contribution in [3.63, 3.8) is 0 Å². The normalized spacial score (nSPS) is 11.9. The van der Waals surface area contributed by atoms with E-state index in [9.17, 15) is 9.18 Å². The molecular formula is C14H13FN2O2. The number of hydrogen-bond donors (Lipinski definition) is 2. The molecule has 0 aliphatic carbocycles. The van der Waals surface area contributed by atoms with Gasteiger partial charge in [-0.05, 0) is 25.1 Å². The molecule has 0 aliphatic rings. The Bertz CT molecular complexity index is 602. The van der Waals surface area contributed by atoms with Crippen LogP contribution in [0.3, 0.4) is 0 Å². The largest absolute Gasteiger partial charge is 0.478 e. The molecule has 0 fully saturated rings. The van der Waals surface area contributed by atoms with Crippen molar-refractivity contribution in [1.29, 1.82) is 0 Å². The van der Waals surface area contributed by atoms with Crippen molar-refractivity contribution in [1.82, 2.24) is 4.98 Å². The summed E-state index contributed by atoms with van der Waals surface area (Å²) in [5.41, 5.74) is 0.642. The van der Waals surface area contributed by atoms with Gasteiger partial charge in [0.2, 0.25) is 0 Å². The van der Waals surface area contributed by atoms with Gasteiger partial charge in [-0.2, -0.15) is 0 Å². The van der Waals surface area contributed by atoms with Gasteiger partial charge in [-0.1, -0.05) is 18.2 Å². The molecule has 4 nitrogen and oxygen atoms in total. The van der Waals surface area contributed by atoms with Crippen LogP contribution in [-0.4, -0.2) is 16.1 Å². The van der Waals surface area contributed by atoms with Gasteiger partial charge in [0.05, 0.1) is 11.6 Å². The average molecular weight is 260 g/mol. The average Bonchev–Trinajstić information content (AvgIpc) is 2.39. The van der Waals surface area contributed by atoms with Crippen LogP contribution in [0.25, 0.3) is 0 Å². The lowest BCUT2D eigenvalue weighted by Crippen LogP contribution is -2.10. The monoisotopic (exact) mass is 260 g/mol. The topological polar surface area (TPSA) is 62.2 Å². The Labute approximate surface area is 109 Å². The first-order valence-corrected chi connectivity index (χ1v) is 5.78. The predicted octanol–water partition coefficient (Wildman–Crippen LogP) is 3.09. The van der Waals surface area contributed by atoms with Gasteiger partial charge in [0.1, 0.15) is 11.6 Å². The number of aromatic nitrogens is 1. The van der Waals surface area contributed by atoms with Crippen LogP contribution in [0.15, 0.2) is 42.6 Å². The van der Waals surface area contributed by atoms with Gasteiger partial charge in [0.15, 0.2) is 0 Å². The lowest BCUT2D eigenvalue weighted by atomic mass is 10.1. The minimum Gasteiger partial charge on any atom is -0.478 e. The lowest BCUT2D eigenvalue weighted by molar-refractivity contribution is 0.0697.